The molecule has 2 aliphatic carbocycles. The summed E-state index contributed by atoms with van der Waals surface area (Å²) in [5, 5.41) is 3.23. The van der Waals surface area contributed by atoms with Crippen LogP contribution in [0.3, 0.4) is 0 Å². The molecule has 1 aromatic carbocycles. The van der Waals surface area contributed by atoms with Crippen LogP contribution >= 0.6 is 0 Å². The van der Waals surface area contributed by atoms with E-state index in [0.717, 1.165) is 18.4 Å². The van der Waals surface area contributed by atoms with Crippen molar-refractivity contribution in [1.29, 1.82) is 0 Å². The molecule has 1 atom stereocenters. The highest BCUT2D eigenvalue weighted by molar-refractivity contribution is 5.85. The van der Waals surface area contributed by atoms with Crippen molar-refractivity contribution >= 4 is 23.8 Å². The molecular weight excluding hydrogens is 498 g/mol. The average Bonchev–Trinajstić information content (AvgIpc) is 3.37. The van der Waals surface area contributed by atoms with Crippen LogP contribution in [-0.4, -0.2) is 42.1 Å². The topological polar surface area (TPSA) is 108 Å². The lowest BCUT2D eigenvalue weighted by molar-refractivity contribution is -0.166. The zero-order valence-electron chi connectivity index (χ0n) is 24.0. The van der Waals surface area contributed by atoms with Gasteiger partial charge in [-0.05, 0) is 78.2 Å². The Balaban J connectivity index is 1.66. The summed E-state index contributed by atoms with van der Waals surface area (Å²) in [6.07, 6.45) is 6.01. The van der Waals surface area contributed by atoms with Gasteiger partial charge in [-0.25, -0.2) is 0 Å². The molecule has 0 bridgehead atoms. The summed E-state index contributed by atoms with van der Waals surface area (Å²) >= 11 is 0. The number of hydrogen-bond acceptors (Lipinski definition) is 7. The number of hydrogen-bond donors (Lipinski definition) is 1. The first kappa shape index (κ1) is 30.6. The summed E-state index contributed by atoms with van der Waals surface area (Å²) < 4.78 is 16.3. The van der Waals surface area contributed by atoms with Gasteiger partial charge in [-0.1, -0.05) is 43.2 Å². The monoisotopic (exact) mass is 543 g/mol. The van der Waals surface area contributed by atoms with E-state index < -0.39 is 28.9 Å². The molecule has 1 amide bonds. The summed E-state index contributed by atoms with van der Waals surface area (Å²) in [7, 11) is 0. The second kappa shape index (κ2) is 13.9. The number of benzene rings is 1. The maximum atomic E-state index is 13.7. The zero-order valence-corrected chi connectivity index (χ0v) is 24.0. The third kappa shape index (κ3) is 9.36. The summed E-state index contributed by atoms with van der Waals surface area (Å²) in [5.41, 5.74) is -0.588. The Hall–Kier alpha value is -2.90. The highest BCUT2D eigenvalue weighted by Gasteiger charge is 2.46. The van der Waals surface area contributed by atoms with E-state index in [1.807, 2.05) is 30.3 Å². The van der Waals surface area contributed by atoms with Crippen molar-refractivity contribution in [3.05, 3.63) is 35.9 Å². The molecule has 8 nitrogen and oxygen atoms in total. The first-order chi connectivity index (χ1) is 18.5. The second-order valence-corrected chi connectivity index (χ2v) is 12.0. The predicted molar refractivity (Wildman–Crippen MR) is 146 cm³/mol. The molecule has 8 heteroatoms. The number of esters is 3. The first-order valence-corrected chi connectivity index (χ1v) is 14.4. The van der Waals surface area contributed by atoms with Crippen molar-refractivity contribution in [2.24, 2.45) is 17.3 Å². The van der Waals surface area contributed by atoms with E-state index >= 15 is 0 Å². The molecule has 2 fully saturated rings. The van der Waals surface area contributed by atoms with Crippen molar-refractivity contribution < 1.29 is 33.4 Å². The zero-order chi connectivity index (χ0) is 28.5. The smallest absolute Gasteiger partial charge is 0.310 e. The van der Waals surface area contributed by atoms with Crippen LogP contribution in [0.5, 0.6) is 0 Å². The molecule has 0 aliphatic heterocycles. The molecule has 0 spiro atoms. The summed E-state index contributed by atoms with van der Waals surface area (Å²) in [6.45, 7) is 7.68. The molecule has 3 rings (SSSR count). The fourth-order valence-corrected chi connectivity index (χ4v) is 5.74. The van der Waals surface area contributed by atoms with Gasteiger partial charge >= 0.3 is 17.9 Å². The number of nitrogens with one attached hydrogen (secondary N) is 1. The lowest BCUT2D eigenvalue weighted by atomic mass is 9.75. The molecule has 39 heavy (non-hydrogen) atoms. The van der Waals surface area contributed by atoms with E-state index in [-0.39, 0.29) is 43.3 Å². The minimum Gasteiger partial charge on any atom is -0.466 e. The van der Waals surface area contributed by atoms with Crippen LogP contribution in [0.4, 0.5) is 0 Å². The minimum atomic E-state index is -0.782. The molecule has 1 unspecified atom stereocenters. The van der Waals surface area contributed by atoms with E-state index in [1.54, 1.807) is 27.7 Å². The third-order valence-corrected chi connectivity index (χ3v) is 7.76. The molecule has 1 N–H and O–H groups in total. The fourth-order valence-electron chi connectivity index (χ4n) is 5.74. The minimum absolute atomic E-state index is 0.0172. The Morgan fingerprint density at radius 1 is 0.974 bits per heavy atom. The van der Waals surface area contributed by atoms with Crippen LogP contribution in [0.25, 0.3) is 0 Å². The molecule has 0 heterocycles. The van der Waals surface area contributed by atoms with Crippen molar-refractivity contribution in [3.63, 3.8) is 0 Å². The number of ether oxygens (including phenoxy) is 3. The first-order valence-electron chi connectivity index (χ1n) is 14.4. The Kier molecular flexibility index (Phi) is 11.0. The second-order valence-electron chi connectivity index (χ2n) is 12.0. The Morgan fingerprint density at radius 2 is 1.62 bits per heavy atom. The average molecular weight is 544 g/mol. The lowest BCUT2D eigenvalue weighted by Crippen LogP contribution is -2.47. The van der Waals surface area contributed by atoms with E-state index in [2.05, 4.69) is 5.32 Å². The van der Waals surface area contributed by atoms with Crippen LogP contribution in [0.2, 0.25) is 0 Å². The summed E-state index contributed by atoms with van der Waals surface area (Å²) in [5.74, 6) is -2.08. The van der Waals surface area contributed by atoms with Gasteiger partial charge < -0.3 is 19.5 Å². The van der Waals surface area contributed by atoms with Gasteiger partial charge in [0.05, 0.1) is 30.3 Å². The van der Waals surface area contributed by atoms with Crippen LogP contribution < -0.4 is 5.32 Å². The predicted octanol–water partition coefficient (Wildman–Crippen LogP) is 5.27. The molecule has 0 aromatic heterocycles. The number of carbonyl (C=O) groups is 4. The molecule has 0 radical (unpaired) electrons. The van der Waals surface area contributed by atoms with E-state index in [9.17, 15) is 19.2 Å². The van der Waals surface area contributed by atoms with Crippen LogP contribution in [0, 0.1) is 17.3 Å². The molecule has 0 saturated heterocycles. The maximum absolute atomic E-state index is 13.7. The van der Waals surface area contributed by atoms with Gasteiger partial charge in [0.2, 0.25) is 5.91 Å². The van der Waals surface area contributed by atoms with E-state index in [4.69, 9.17) is 14.2 Å². The lowest BCUT2D eigenvalue weighted by Gasteiger charge is -2.35. The van der Waals surface area contributed by atoms with Crippen molar-refractivity contribution in [3.8, 4) is 0 Å². The van der Waals surface area contributed by atoms with Crippen molar-refractivity contribution in [2.45, 2.75) is 110 Å². The van der Waals surface area contributed by atoms with Crippen LogP contribution in [-0.2, 0) is 40.0 Å². The Morgan fingerprint density at radius 3 is 2.21 bits per heavy atom. The number of amides is 1. The molecule has 2 aliphatic rings. The van der Waals surface area contributed by atoms with Gasteiger partial charge in [-0.3, -0.25) is 19.2 Å². The Labute approximate surface area is 232 Å². The van der Waals surface area contributed by atoms with E-state index in [0.29, 0.717) is 45.1 Å². The molecular formula is C31H45NO7. The molecule has 216 valence electrons. The van der Waals surface area contributed by atoms with Gasteiger partial charge in [-0.15, -0.1) is 0 Å². The fraction of sp³-hybridized carbons (Fsp3) is 0.677. The van der Waals surface area contributed by atoms with Crippen LogP contribution in [0.1, 0.15) is 97.5 Å². The van der Waals surface area contributed by atoms with Crippen molar-refractivity contribution in [2.75, 3.05) is 6.61 Å². The highest BCUT2D eigenvalue weighted by atomic mass is 16.6. The highest BCUT2D eigenvalue weighted by Crippen LogP contribution is 2.45. The Bertz CT molecular complexity index is 970. The summed E-state index contributed by atoms with van der Waals surface area (Å²) in [4.78, 5) is 51.9. The summed E-state index contributed by atoms with van der Waals surface area (Å²) in [6, 6.07) is 9.36. The van der Waals surface area contributed by atoms with E-state index in [1.165, 1.54) is 0 Å². The van der Waals surface area contributed by atoms with Gasteiger partial charge in [0.25, 0.3) is 0 Å². The standard InChI is InChI=1S/C31H45NO7/c1-5-37-27(34)23-13-15-25(16-14-23)32-29(36)31(17-9-10-18-31)20-24(28(35)39-30(2,3)4)19-26(33)38-21-22-11-7-6-8-12-22/h6-8,11-12,23-25H,5,9-10,13-21H2,1-4H3,(H,32,36)/t23-,24?,25+. The van der Waals surface area contributed by atoms with Gasteiger partial charge in [0, 0.05) is 6.04 Å². The molecule has 2 saturated carbocycles. The largest absolute Gasteiger partial charge is 0.466 e. The van der Waals surface area contributed by atoms with Crippen molar-refractivity contribution in [1.82, 2.24) is 5.32 Å². The van der Waals surface area contributed by atoms with Crippen LogP contribution in [0.15, 0.2) is 30.3 Å². The van der Waals surface area contributed by atoms with Gasteiger partial charge in [0.1, 0.15) is 12.2 Å². The normalized spacial score (nSPS) is 21.4. The maximum Gasteiger partial charge on any atom is 0.310 e. The quantitative estimate of drug-likeness (QED) is 0.299. The SMILES string of the molecule is CCOC(=O)[C@H]1CC[C@@H](NC(=O)C2(CC(CC(=O)OCc3ccccc3)C(=O)OC(C)(C)C)CCCC2)CC1. The third-order valence-electron chi connectivity index (χ3n) is 7.76. The number of carbonyl (C=O) groups excluding carboxylic acids is 4. The van der Waals surface area contributed by atoms with Gasteiger partial charge in [0.15, 0.2) is 0 Å². The molecule has 1 aromatic rings. The van der Waals surface area contributed by atoms with Gasteiger partial charge in [-0.2, -0.15) is 0 Å². The number of rotatable bonds is 11.